The van der Waals surface area contributed by atoms with Gasteiger partial charge in [-0.25, -0.2) is 0 Å². The number of aliphatic hydroxyl groups excluding tert-OH is 1. The zero-order chi connectivity index (χ0) is 8.28. The highest BCUT2D eigenvalue weighted by molar-refractivity contribution is 6.63. The Bertz CT molecular complexity index is 58.6. The van der Waals surface area contributed by atoms with E-state index in [2.05, 4.69) is 0 Å². The van der Waals surface area contributed by atoms with Crippen molar-refractivity contribution in [2.24, 2.45) is 0 Å². The number of alkyl halides is 3. The monoisotopic (exact) mass is 191 g/mol. The Morgan fingerprint density at radius 1 is 1.33 bits per heavy atom. The van der Waals surface area contributed by atoms with Gasteiger partial charge in [0.05, 0.1) is 6.07 Å². The van der Waals surface area contributed by atoms with Gasteiger partial charge in [0, 0.05) is 14.0 Å². The number of halogens is 3. The Labute approximate surface area is 69.9 Å². The molecule has 0 aliphatic heterocycles. The molecule has 0 saturated heterocycles. The van der Waals surface area contributed by atoms with Crippen molar-refractivity contribution in [1.29, 1.82) is 5.26 Å². The van der Waals surface area contributed by atoms with E-state index < -0.39 is 4.30 Å². The second-order valence-corrected chi connectivity index (χ2v) is 2.45. The molecule has 0 aromatic rings. The van der Waals surface area contributed by atoms with Crippen LogP contribution in [0.1, 0.15) is 6.92 Å². The fourth-order valence-corrected chi connectivity index (χ4v) is 0. The zero-order valence-corrected chi connectivity index (χ0v) is 7.37. The minimum absolute atomic E-state index is 0.750. The van der Waals surface area contributed by atoms with Gasteiger partial charge in [-0.2, -0.15) is 5.26 Å². The Morgan fingerprint density at radius 2 is 1.33 bits per heavy atom. The van der Waals surface area contributed by atoms with Gasteiger partial charge in [-0.3, -0.25) is 0 Å². The average molecular weight is 192 g/mol. The Hall–Kier alpha value is 0.320. The van der Waals surface area contributed by atoms with Gasteiger partial charge in [-0.1, -0.05) is 34.8 Å². The number of aliphatic hydroxyl groups is 1. The molecule has 0 aromatic heterocycles. The first kappa shape index (κ1) is 16.2. The molecule has 0 aromatic carbocycles. The number of nitrogens with zero attached hydrogens (tertiary/aromatic N) is 1. The average Bonchev–Trinajstić information content (AvgIpc) is 1.71. The first-order chi connectivity index (χ1) is 4.15. The highest BCUT2D eigenvalue weighted by Crippen LogP contribution is 2.03. The molecule has 0 spiro atoms. The van der Waals surface area contributed by atoms with E-state index in [0.717, 1.165) is 7.11 Å². The number of nitriles is 1. The minimum Gasteiger partial charge on any atom is -0.400 e. The Morgan fingerprint density at radius 3 is 1.33 bits per heavy atom. The van der Waals surface area contributed by atoms with E-state index in [1.54, 1.807) is 6.07 Å². The molecule has 56 valence electrons. The third kappa shape index (κ3) is 3250. The molecule has 0 atom stereocenters. The second-order valence-electron chi connectivity index (χ2n) is 0.471. The summed E-state index contributed by atoms with van der Waals surface area (Å²) in [7, 11) is 1.00. The van der Waals surface area contributed by atoms with Crippen LogP contribution in [0.5, 0.6) is 0 Å². The Balaban J connectivity index is -0.0000000646. The molecule has 5 heteroatoms. The highest BCUT2D eigenvalue weighted by Gasteiger charge is 1.78. The van der Waals surface area contributed by atoms with Gasteiger partial charge in [0.2, 0.25) is 0 Å². The summed E-state index contributed by atoms with van der Waals surface area (Å²) in [5.41, 5.74) is 0. The molecular formula is C4H8Cl3NO. The summed E-state index contributed by atoms with van der Waals surface area (Å²) in [5.74, 6) is 0. The lowest BCUT2D eigenvalue weighted by atomic mass is 11.0. The van der Waals surface area contributed by atoms with E-state index in [-0.39, 0.29) is 0 Å². The minimum atomic E-state index is -0.750. The molecule has 0 radical (unpaired) electrons. The fraction of sp³-hybridized carbons (Fsp3) is 0.750. The molecule has 0 amide bonds. The third-order valence-corrected chi connectivity index (χ3v) is 0. The number of hydrogen-bond donors (Lipinski definition) is 1. The van der Waals surface area contributed by atoms with Crippen LogP contribution in [0.2, 0.25) is 0 Å². The van der Waals surface area contributed by atoms with Gasteiger partial charge < -0.3 is 5.11 Å². The lowest BCUT2D eigenvalue weighted by Gasteiger charge is -1.69. The van der Waals surface area contributed by atoms with Crippen molar-refractivity contribution in [3.05, 3.63) is 0 Å². The quantitative estimate of drug-likeness (QED) is 0.598. The molecule has 0 heterocycles. The molecule has 2 nitrogen and oxygen atoms in total. The zero-order valence-electron chi connectivity index (χ0n) is 5.11. The summed E-state index contributed by atoms with van der Waals surface area (Å²) in [5, 5.41) is 14.3. The Kier molecular flexibility index (Phi) is 42.9. The van der Waals surface area contributed by atoms with Crippen molar-refractivity contribution in [3.8, 4) is 6.07 Å². The molecule has 0 unspecified atom stereocenters. The molecule has 0 rings (SSSR count). The maximum Gasteiger partial charge on any atom is 0.180 e. The molecule has 0 bridgehead atoms. The van der Waals surface area contributed by atoms with E-state index in [4.69, 9.17) is 45.2 Å². The predicted molar refractivity (Wildman–Crippen MR) is 40.8 cm³/mol. The smallest absolute Gasteiger partial charge is 0.180 e. The molecule has 1 N–H and O–H groups in total. The van der Waals surface area contributed by atoms with Crippen LogP contribution < -0.4 is 0 Å². The summed E-state index contributed by atoms with van der Waals surface area (Å²) < 4.78 is -0.750. The summed E-state index contributed by atoms with van der Waals surface area (Å²) in [4.78, 5) is 0. The lowest BCUT2D eigenvalue weighted by Crippen LogP contribution is -1.55. The number of rotatable bonds is 0. The summed E-state index contributed by atoms with van der Waals surface area (Å²) in [6.07, 6.45) is 0. The van der Waals surface area contributed by atoms with Crippen molar-refractivity contribution in [2.45, 2.75) is 11.2 Å². The van der Waals surface area contributed by atoms with Crippen LogP contribution >= 0.6 is 34.8 Å². The second kappa shape index (κ2) is 23.9. The van der Waals surface area contributed by atoms with Crippen LogP contribution in [-0.4, -0.2) is 16.5 Å². The third-order valence-electron chi connectivity index (χ3n) is 0. The van der Waals surface area contributed by atoms with Gasteiger partial charge in [0.15, 0.2) is 4.30 Å². The van der Waals surface area contributed by atoms with Crippen molar-refractivity contribution in [1.82, 2.24) is 0 Å². The van der Waals surface area contributed by atoms with Gasteiger partial charge in [-0.05, 0) is 0 Å². The molecule has 0 fully saturated rings. The van der Waals surface area contributed by atoms with Crippen LogP contribution in [0.25, 0.3) is 0 Å². The van der Waals surface area contributed by atoms with E-state index >= 15 is 0 Å². The maximum absolute atomic E-state index is 7.32. The molecule has 9 heavy (non-hydrogen) atoms. The summed E-state index contributed by atoms with van der Waals surface area (Å²) >= 11 is 14.4. The molecule has 0 saturated carbocycles. The largest absolute Gasteiger partial charge is 0.400 e. The van der Waals surface area contributed by atoms with E-state index in [0.29, 0.717) is 0 Å². The first-order valence-corrected chi connectivity index (χ1v) is 3.13. The topological polar surface area (TPSA) is 44.0 Å². The van der Waals surface area contributed by atoms with E-state index in [1.807, 2.05) is 0 Å². The van der Waals surface area contributed by atoms with E-state index in [9.17, 15) is 0 Å². The lowest BCUT2D eigenvalue weighted by molar-refractivity contribution is 0.399. The maximum atomic E-state index is 7.32. The van der Waals surface area contributed by atoms with Crippen LogP contribution in [0.3, 0.4) is 0 Å². The van der Waals surface area contributed by atoms with Gasteiger partial charge in [0.1, 0.15) is 0 Å². The predicted octanol–water partition coefficient (Wildman–Crippen LogP) is 2.12. The molecule has 0 aliphatic carbocycles. The molecule has 0 aliphatic rings. The first-order valence-electron chi connectivity index (χ1n) is 1.83. The van der Waals surface area contributed by atoms with Crippen molar-refractivity contribution in [2.75, 3.05) is 7.11 Å². The van der Waals surface area contributed by atoms with Gasteiger partial charge >= 0.3 is 0 Å². The van der Waals surface area contributed by atoms with Crippen LogP contribution in [0.15, 0.2) is 0 Å². The van der Waals surface area contributed by atoms with Crippen molar-refractivity contribution in [3.63, 3.8) is 0 Å². The number of hydrogen-bond acceptors (Lipinski definition) is 2. The van der Waals surface area contributed by atoms with Crippen molar-refractivity contribution >= 4 is 34.8 Å². The SMILES string of the molecule is CC#N.CO.ClC(Cl)Cl. The normalized spacial score (nSPS) is 5.56. The standard InChI is InChI=1S/C2H3N.CHCl3.CH4O/c1-2-3;2-1(3)4;1-2/h1H3;1H;2H,1H3. The highest BCUT2D eigenvalue weighted by atomic mass is 35.6. The summed E-state index contributed by atoms with van der Waals surface area (Å²) in [6.45, 7) is 1.43. The van der Waals surface area contributed by atoms with Gasteiger partial charge in [-0.15, -0.1) is 0 Å². The fourth-order valence-electron chi connectivity index (χ4n) is 0. The molecular weight excluding hydrogens is 184 g/mol. The van der Waals surface area contributed by atoms with E-state index in [1.165, 1.54) is 6.92 Å². The van der Waals surface area contributed by atoms with Crippen molar-refractivity contribution < 1.29 is 5.11 Å². The van der Waals surface area contributed by atoms with Crippen LogP contribution in [0.4, 0.5) is 0 Å². The van der Waals surface area contributed by atoms with Crippen LogP contribution in [0, 0.1) is 11.3 Å². The summed E-state index contributed by atoms with van der Waals surface area (Å²) in [6, 6.07) is 1.75. The van der Waals surface area contributed by atoms with Gasteiger partial charge in [0.25, 0.3) is 0 Å². The van der Waals surface area contributed by atoms with Crippen LogP contribution in [-0.2, 0) is 0 Å².